The number of aliphatic hydroxyl groups excluding tert-OH is 1. The molecule has 13 nitrogen and oxygen atoms in total. The van der Waals surface area contributed by atoms with Gasteiger partial charge in [0.1, 0.15) is 18.6 Å². The predicted octanol–water partition coefficient (Wildman–Crippen LogP) is 3.36. The first kappa shape index (κ1) is 34.3. The number of hydrogen-bond donors (Lipinski definition) is 4. The molecule has 4 bridgehead atoms. The molecule has 8 aliphatic heterocycles. The number of hydrogen-bond acceptors (Lipinski definition) is 14. The zero-order valence-electron chi connectivity index (χ0n) is 30.8. The molecule has 9 unspecified atom stereocenters. The quantitative estimate of drug-likeness (QED) is 0.262. The third-order valence-corrected chi connectivity index (χ3v) is 14.5. The van der Waals surface area contributed by atoms with Gasteiger partial charge in [0.05, 0.1) is 36.5 Å². The molecule has 0 radical (unpaired) electrons. The van der Waals surface area contributed by atoms with Gasteiger partial charge in [-0.3, -0.25) is 19.9 Å². The summed E-state index contributed by atoms with van der Waals surface area (Å²) in [6.45, 7) is 5.61. The first-order valence-electron chi connectivity index (χ1n) is 18.7. The van der Waals surface area contributed by atoms with E-state index >= 15 is 0 Å². The zero-order chi connectivity index (χ0) is 37.4. The summed E-state index contributed by atoms with van der Waals surface area (Å²) < 4.78 is 30.6. The number of benzene rings is 2. The van der Waals surface area contributed by atoms with Gasteiger partial charge in [0, 0.05) is 59.1 Å². The van der Waals surface area contributed by atoms with Crippen LogP contribution in [0.15, 0.2) is 41.6 Å². The molecule has 2 aromatic rings. The maximum absolute atomic E-state index is 14.8. The highest BCUT2D eigenvalue weighted by Crippen LogP contribution is 2.64. The first-order valence-corrected chi connectivity index (χ1v) is 19.7. The Hall–Kier alpha value is -4.21. The molecule has 2 saturated heterocycles. The third-order valence-electron chi connectivity index (χ3n) is 13.0. The van der Waals surface area contributed by atoms with Crippen LogP contribution in [0.4, 0.5) is 0 Å². The molecule has 2 aromatic carbocycles. The molecule has 1 aliphatic carbocycles. The van der Waals surface area contributed by atoms with E-state index in [0.717, 1.165) is 34.4 Å². The fourth-order valence-electron chi connectivity index (χ4n) is 10.8. The van der Waals surface area contributed by atoms with Crippen LogP contribution in [0.5, 0.6) is 28.7 Å². The first-order chi connectivity index (χ1) is 26.1. The molecule has 54 heavy (non-hydrogen) atoms. The third kappa shape index (κ3) is 4.48. The number of carbonyl (C=O) groups is 2. The van der Waals surface area contributed by atoms with Gasteiger partial charge < -0.3 is 39.2 Å². The van der Waals surface area contributed by atoms with Gasteiger partial charge in [-0.2, -0.15) is 0 Å². The molecule has 2 fully saturated rings. The van der Waals surface area contributed by atoms with Crippen molar-refractivity contribution in [3.8, 4) is 28.7 Å². The Balaban J connectivity index is 1.22. The van der Waals surface area contributed by atoms with Crippen molar-refractivity contribution in [2.24, 2.45) is 5.92 Å². The predicted molar refractivity (Wildman–Crippen MR) is 198 cm³/mol. The van der Waals surface area contributed by atoms with E-state index in [1.54, 1.807) is 18.9 Å². The lowest BCUT2D eigenvalue weighted by molar-refractivity contribution is -0.185. The number of allylic oxidation sites excluding steroid dienone is 2. The fourth-order valence-corrected chi connectivity index (χ4v) is 12.5. The molecule has 0 aromatic heterocycles. The lowest BCUT2D eigenvalue weighted by atomic mass is 9.73. The average Bonchev–Trinajstić information content (AvgIpc) is 3.80. The number of aryl methyl sites for hydroxylation is 1. The average molecular weight is 757 g/mol. The number of carbonyl (C=O) groups excluding carboxylic acids is 2. The summed E-state index contributed by atoms with van der Waals surface area (Å²) in [7, 11) is 3.55. The SMILES string of the molecule is COc1c(C)cc2c(c1O)C1C3C4SCC5(NCCC6=C5NC5C=CC=CC65)C(=O)OCC(c5c6c(c(C)c(OC(C)=O)c54)OCO6)N3C(O)C(C2)N1C. The standard InChI is InChI=1S/C40H44N4O9S/c1-17-12-20-13-24-38(47)44-25-14-50-39(48)40(37-22(10-11-41-40)21-8-6-7-9-23(21)42-37)15-54-36(30(44)29(43(24)4)26(20)31(46)32(17)49-5)28-27(25)35-34(51-16-52-35)18(2)33(28)53-19(3)45/h6-9,12,21,23-25,29-30,36,38,41-42,46-47H,10-11,13-16H2,1-5H3. The van der Waals surface area contributed by atoms with Crippen LogP contribution in [0.1, 0.15) is 64.1 Å². The van der Waals surface area contributed by atoms with E-state index in [9.17, 15) is 19.8 Å². The van der Waals surface area contributed by atoms with Gasteiger partial charge in [-0.15, -0.1) is 11.8 Å². The van der Waals surface area contributed by atoms with E-state index in [1.807, 2.05) is 27.0 Å². The summed E-state index contributed by atoms with van der Waals surface area (Å²) in [5.74, 6) is 1.36. The normalized spacial score (nSPS) is 34.4. The minimum Gasteiger partial charge on any atom is -0.504 e. The van der Waals surface area contributed by atoms with Crippen molar-refractivity contribution in [2.45, 2.75) is 80.8 Å². The van der Waals surface area contributed by atoms with E-state index < -0.39 is 41.1 Å². The number of rotatable bonds is 2. The van der Waals surface area contributed by atoms with Gasteiger partial charge in [-0.25, -0.2) is 4.79 Å². The second-order valence-electron chi connectivity index (χ2n) is 15.6. The van der Waals surface area contributed by atoms with E-state index in [4.69, 9.17) is 23.7 Å². The molecule has 4 N–H and O–H groups in total. The number of aromatic hydroxyl groups is 1. The number of phenolic OH excluding ortho intramolecular Hbond substituents is 1. The number of esters is 2. The van der Waals surface area contributed by atoms with Crippen molar-refractivity contribution in [1.82, 2.24) is 20.4 Å². The monoisotopic (exact) mass is 756 g/mol. The van der Waals surface area contributed by atoms with Gasteiger partial charge in [-0.05, 0) is 50.4 Å². The number of phenols is 1. The smallest absolute Gasteiger partial charge is 0.333 e. The number of nitrogens with one attached hydrogen (secondary N) is 2. The summed E-state index contributed by atoms with van der Waals surface area (Å²) in [6.07, 6.45) is 8.71. The van der Waals surface area contributed by atoms with Gasteiger partial charge in [0.15, 0.2) is 28.5 Å². The Morgan fingerprint density at radius 3 is 2.69 bits per heavy atom. The number of ether oxygens (including phenoxy) is 5. The van der Waals surface area contributed by atoms with Gasteiger partial charge >= 0.3 is 11.9 Å². The van der Waals surface area contributed by atoms with Crippen molar-refractivity contribution in [3.05, 3.63) is 75.0 Å². The minimum atomic E-state index is -1.19. The number of methoxy groups -OCH3 is 1. The van der Waals surface area contributed by atoms with Crippen molar-refractivity contribution in [2.75, 3.05) is 39.9 Å². The minimum absolute atomic E-state index is 0.0301. The van der Waals surface area contributed by atoms with Crippen molar-refractivity contribution < 1.29 is 43.5 Å². The van der Waals surface area contributed by atoms with Crippen molar-refractivity contribution >= 4 is 23.7 Å². The van der Waals surface area contributed by atoms with E-state index in [0.29, 0.717) is 47.1 Å². The summed E-state index contributed by atoms with van der Waals surface area (Å²) in [5.41, 5.74) is 5.40. The van der Waals surface area contributed by atoms with Crippen LogP contribution in [-0.4, -0.2) is 102 Å². The van der Waals surface area contributed by atoms with Crippen LogP contribution in [-0.2, 0) is 20.7 Å². The topological polar surface area (TPSA) is 151 Å². The summed E-state index contributed by atoms with van der Waals surface area (Å²) in [4.78, 5) is 31.9. The number of aliphatic hydroxyl groups is 1. The lowest BCUT2D eigenvalue weighted by Gasteiger charge is -2.62. The van der Waals surface area contributed by atoms with Crippen LogP contribution in [0, 0.1) is 19.8 Å². The molecule has 1 spiro atoms. The highest BCUT2D eigenvalue weighted by atomic mass is 32.2. The van der Waals surface area contributed by atoms with Crippen LogP contribution < -0.4 is 29.6 Å². The number of piperazine rings is 1. The summed E-state index contributed by atoms with van der Waals surface area (Å²) in [5, 5.41) is 31.4. The molecule has 0 saturated carbocycles. The van der Waals surface area contributed by atoms with Crippen LogP contribution >= 0.6 is 11.8 Å². The summed E-state index contributed by atoms with van der Waals surface area (Å²) in [6, 6.07) is 0.0665. The Morgan fingerprint density at radius 2 is 1.89 bits per heavy atom. The zero-order valence-corrected chi connectivity index (χ0v) is 31.6. The Morgan fingerprint density at radius 1 is 1.09 bits per heavy atom. The molecule has 284 valence electrons. The van der Waals surface area contributed by atoms with Gasteiger partial charge in [0.2, 0.25) is 6.79 Å². The van der Waals surface area contributed by atoms with Crippen molar-refractivity contribution in [3.63, 3.8) is 0 Å². The molecule has 9 atom stereocenters. The number of fused-ring (bicyclic) bond motifs is 10. The molecule has 14 heteroatoms. The maximum atomic E-state index is 14.8. The van der Waals surface area contributed by atoms with Gasteiger partial charge in [-0.1, -0.05) is 30.4 Å². The van der Waals surface area contributed by atoms with E-state index in [2.05, 4.69) is 44.7 Å². The molecule has 0 amide bonds. The number of likely N-dealkylation sites (N-methyl/N-ethyl adjacent to an activating group) is 1. The molecular formula is C40H44N4O9S. The Labute approximate surface area is 317 Å². The van der Waals surface area contributed by atoms with Crippen LogP contribution in [0.2, 0.25) is 0 Å². The van der Waals surface area contributed by atoms with E-state index in [1.165, 1.54) is 12.5 Å². The molecule has 8 heterocycles. The Kier molecular flexibility index (Phi) is 7.71. The van der Waals surface area contributed by atoms with E-state index in [-0.39, 0.29) is 48.9 Å². The highest BCUT2D eigenvalue weighted by molar-refractivity contribution is 7.99. The maximum Gasteiger partial charge on any atom is 0.333 e. The second-order valence-corrected chi connectivity index (χ2v) is 16.7. The fraction of sp³-hybridized carbons (Fsp3) is 0.500. The molecule has 11 rings (SSSR count). The van der Waals surface area contributed by atoms with Gasteiger partial charge in [0.25, 0.3) is 0 Å². The molecular weight excluding hydrogens is 713 g/mol. The number of thioether (sulfide) groups is 1. The van der Waals surface area contributed by atoms with Crippen LogP contribution in [0.25, 0.3) is 0 Å². The van der Waals surface area contributed by atoms with Crippen molar-refractivity contribution in [1.29, 1.82) is 0 Å². The number of nitrogens with zero attached hydrogens (tertiary/aromatic N) is 2. The lowest BCUT2D eigenvalue weighted by Crippen LogP contribution is -2.70. The second kappa shape index (κ2) is 12.1. The molecule has 9 aliphatic rings. The highest BCUT2D eigenvalue weighted by Gasteiger charge is 2.62. The summed E-state index contributed by atoms with van der Waals surface area (Å²) >= 11 is 1.56. The Bertz CT molecular complexity index is 2120. The largest absolute Gasteiger partial charge is 0.504 e. The van der Waals surface area contributed by atoms with Crippen LogP contribution in [0.3, 0.4) is 0 Å².